The van der Waals surface area contributed by atoms with Gasteiger partial charge in [0.2, 0.25) is 0 Å². The molecule has 0 amide bonds. The van der Waals surface area contributed by atoms with Crippen LogP contribution in [0.2, 0.25) is 0 Å². The van der Waals surface area contributed by atoms with E-state index in [0.717, 1.165) is 12.1 Å². The third-order valence-corrected chi connectivity index (χ3v) is 2.86. The molecule has 0 aromatic heterocycles. The highest BCUT2D eigenvalue weighted by Crippen LogP contribution is 2.24. The Bertz CT molecular complexity index is 492. The van der Waals surface area contributed by atoms with E-state index in [-0.39, 0.29) is 22.1 Å². The number of aliphatic carboxylic acids is 1. The van der Waals surface area contributed by atoms with Crippen molar-refractivity contribution in [2.24, 2.45) is 0 Å². The molecule has 1 aromatic rings. The van der Waals surface area contributed by atoms with Crippen molar-refractivity contribution in [1.29, 1.82) is 0 Å². The molecule has 0 saturated heterocycles. The summed E-state index contributed by atoms with van der Waals surface area (Å²) in [6.45, 7) is 1.57. The molecule has 0 bridgehead atoms. The first-order chi connectivity index (χ1) is 8.36. The van der Waals surface area contributed by atoms with E-state index in [1.54, 1.807) is 6.92 Å². The second-order valence-electron chi connectivity index (χ2n) is 3.49. The Kier molecular flexibility index (Phi) is 4.66. The number of benzene rings is 1. The van der Waals surface area contributed by atoms with Gasteiger partial charge in [-0.3, -0.25) is 0 Å². The Balaban J connectivity index is 2.97. The van der Waals surface area contributed by atoms with E-state index < -0.39 is 23.9 Å². The summed E-state index contributed by atoms with van der Waals surface area (Å²) < 4.78 is 18.0. The molecule has 0 saturated carbocycles. The van der Waals surface area contributed by atoms with Gasteiger partial charge in [-0.15, -0.1) is 0 Å². The van der Waals surface area contributed by atoms with E-state index >= 15 is 0 Å². The first kappa shape index (κ1) is 14.4. The number of halogens is 2. The molecule has 7 heteroatoms. The molecule has 3 N–H and O–H groups in total. The summed E-state index contributed by atoms with van der Waals surface area (Å²) >= 11 is 2.99. The third kappa shape index (κ3) is 3.19. The Morgan fingerprint density at radius 2 is 2.17 bits per heavy atom. The molecule has 1 aromatic carbocycles. The number of carboxylic acid groups (broad SMARTS) is 1. The first-order valence-electron chi connectivity index (χ1n) is 5.05. The monoisotopic (exact) mass is 319 g/mol. The fraction of sp³-hybridized carbons (Fsp3) is 0.273. The lowest BCUT2D eigenvalue weighted by Crippen LogP contribution is -2.26. The van der Waals surface area contributed by atoms with Crippen LogP contribution in [0.1, 0.15) is 23.7 Å². The van der Waals surface area contributed by atoms with Crippen LogP contribution < -0.4 is 5.73 Å². The van der Waals surface area contributed by atoms with E-state index in [1.807, 2.05) is 0 Å². The fourth-order valence-electron chi connectivity index (χ4n) is 1.22. The molecule has 0 heterocycles. The van der Waals surface area contributed by atoms with Crippen molar-refractivity contribution in [3.8, 4) is 0 Å². The molecular weight excluding hydrogens is 309 g/mol. The van der Waals surface area contributed by atoms with Gasteiger partial charge in [-0.25, -0.2) is 14.0 Å². The van der Waals surface area contributed by atoms with Gasteiger partial charge in [0.05, 0.1) is 11.3 Å². The largest absolute Gasteiger partial charge is 0.479 e. The van der Waals surface area contributed by atoms with Crippen molar-refractivity contribution >= 4 is 33.6 Å². The summed E-state index contributed by atoms with van der Waals surface area (Å²) in [5.41, 5.74) is 5.10. The summed E-state index contributed by atoms with van der Waals surface area (Å²) in [5, 5.41) is 8.76. The minimum Gasteiger partial charge on any atom is -0.479 e. The van der Waals surface area contributed by atoms with Crippen LogP contribution in [0.25, 0.3) is 0 Å². The Labute approximate surface area is 111 Å². The molecule has 0 radical (unpaired) electrons. The van der Waals surface area contributed by atoms with Gasteiger partial charge in [-0.1, -0.05) is 6.92 Å². The predicted octanol–water partition coefficient (Wildman–Crippen LogP) is 2.19. The van der Waals surface area contributed by atoms with Crippen molar-refractivity contribution in [2.75, 3.05) is 5.73 Å². The van der Waals surface area contributed by atoms with Gasteiger partial charge in [0.25, 0.3) is 0 Å². The summed E-state index contributed by atoms with van der Waals surface area (Å²) in [4.78, 5) is 22.4. The molecule has 0 aliphatic carbocycles. The number of carbonyl (C=O) groups is 2. The maximum absolute atomic E-state index is 13.1. The molecule has 1 rings (SSSR count). The average molecular weight is 320 g/mol. The molecule has 0 spiro atoms. The van der Waals surface area contributed by atoms with Gasteiger partial charge in [-0.05, 0) is 34.5 Å². The van der Waals surface area contributed by atoms with Crippen LogP contribution in [-0.2, 0) is 9.53 Å². The van der Waals surface area contributed by atoms with Crippen molar-refractivity contribution in [3.05, 3.63) is 28.0 Å². The normalized spacial score (nSPS) is 11.9. The van der Waals surface area contributed by atoms with Gasteiger partial charge >= 0.3 is 11.9 Å². The molecule has 0 aliphatic rings. The Morgan fingerprint density at radius 3 is 2.67 bits per heavy atom. The van der Waals surface area contributed by atoms with Gasteiger partial charge < -0.3 is 15.6 Å². The van der Waals surface area contributed by atoms with Crippen LogP contribution in [-0.4, -0.2) is 23.1 Å². The lowest BCUT2D eigenvalue weighted by atomic mass is 10.2. The zero-order valence-electron chi connectivity index (χ0n) is 9.44. The van der Waals surface area contributed by atoms with Crippen molar-refractivity contribution in [3.63, 3.8) is 0 Å². The lowest BCUT2D eigenvalue weighted by Gasteiger charge is -2.12. The number of esters is 1. The number of nitrogens with two attached hydrogens (primary N) is 1. The summed E-state index contributed by atoms with van der Waals surface area (Å²) in [7, 11) is 0. The van der Waals surface area contributed by atoms with Gasteiger partial charge in [0, 0.05) is 4.47 Å². The maximum Gasteiger partial charge on any atom is 0.345 e. The Hall–Kier alpha value is -1.63. The van der Waals surface area contributed by atoms with E-state index in [0.29, 0.717) is 0 Å². The Morgan fingerprint density at radius 1 is 1.56 bits per heavy atom. The second kappa shape index (κ2) is 5.81. The smallest absolute Gasteiger partial charge is 0.345 e. The lowest BCUT2D eigenvalue weighted by molar-refractivity contribution is -0.147. The number of carboxylic acids is 1. The minimum atomic E-state index is -1.24. The molecule has 5 nitrogen and oxygen atoms in total. The second-order valence-corrected chi connectivity index (χ2v) is 4.35. The zero-order valence-corrected chi connectivity index (χ0v) is 11.0. The maximum atomic E-state index is 13.1. The molecule has 98 valence electrons. The first-order valence-corrected chi connectivity index (χ1v) is 5.84. The van der Waals surface area contributed by atoms with E-state index in [1.165, 1.54) is 0 Å². The fourth-order valence-corrected chi connectivity index (χ4v) is 1.70. The highest BCUT2D eigenvalue weighted by Gasteiger charge is 2.23. The molecular formula is C11H11BrFNO4. The third-order valence-electron chi connectivity index (χ3n) is 2.20. The van der Waals surface area contributed by atoms with Crippen molar-refractivity contribution < 1.29 is 23.8 Å². The van der Waals surface area contributed by atoms with Gasteiger partial charge in [0.15, 0.2) is 6.10 Å². The molecule has 0 aliphatic heterocycles. The summed E-state index contributed by atoms with van der Waals surface area (Å²) in [5.74, 6) is -2.79. The number of hydrogen-bond acceptors (Lipinski definition) is 4. The van der Waals surface area contributed by atoms with Crippen LogP contribution in [0, 0.1) is 5.82 Å². The highest BCUT2D eigenvalue weighted by molar-refractivity contribution is 9.10. The topological polar surface area (TPSA) is 89.6 Å². The molecule has 0 fully saturated rings. The van der Waals surface area contributed by atoms with Gasteiger partial charge in [0.1, 0.15) is 5.82 Å². The van der Waals surface area contributed by atoms with Gasteiger partial charge in [-0.2, -0.15) is 0 Å². The minimum absolute atomic E-state index is 0.0198. The molecule has 18 heavy (non-hydrogen) atoms. The SMILES string of the molecule is CCC(OC(=O)c1cc(N)c(F)cc1Br)C(=O)O. The van der Waals surface area contributed by atoms with Crippen LogP contribution in [0.3, 0.4) is 0 Å². The predicted molar refractivity (Wildman–Crippen MR) is 65.6 cm³/mol. The van der Waals surface area contributed by atoms with Crippen LogP contribution >= 0.6 is 15.9 Å². The number of anilines is 1. The highest BCUT2D eigenvalue weighted by atomic mass is 79.9. The number of hydrogen-bond donors (Lipinski definition) is 2. The number of rotatable bonds is 4. The quantitative estimate of drug-likeness (QED) is 0.656. The number of nitrogen functional groups attached to an aromatic ring is 1. The van der Waals surface area contributed by atoms with Crippen LogP contribution in [0.15, 0.2) is 16.6 Å². The number of ether oxygens (including phenoxy) is 1. The van der Waals surface area contributed by atoms with E-state index in [9.17, 15) is 14.0 Å². The van der Waals surface area contributed by atoms with Crippen molar-refractivity contribution in [2.45, 2.75) is 19.4 Å². The number of carbonyl (C=O) groups excluding carboxylic acids is 1. The van der Waals surface area contributed by atoms with E-state index in [4.69, 9.17) is 15.6 Å². The molecule has 1 unspecified atom stereocenters. The molecule has 1 atom stereocenters. The van der Waals surface area contributed by atoms with Crippen LogP contribution in [0.4, 0.5) is 10.1 Å². The summed E-state index contributed by atoms with van der Waals surface area (Å²) in [6.07, 6.45) is -1.11. The summed E-state index contributed by atoms with van der Waals surface area (Å²) in [6, 6.07) is 2.12. The average Bonchev–Trinajstić information content (AvgIpc) is 2.29. The van der Waals surface area contributed by atoms with Crippen molar-refractivity contribution in [1.82, 2.24) is 0 Å². The van der Waals surface area contributed by atoms with Crippen LogP contribution in [0.5, 0.6) is 0 Å². The van der Waals surface area contributed by atoms with E-state index in [2.05, 4.69) is 15.9 Å². The zero-order chi connectivity index (χ0) is 13.9. The standard InChI is InChI=1S/C11H11BrFNO4/c1-2-9(10(15)16)18-11(17)5-3-8(14)7(13)4-6(5)12/h3-4,9H,2,14H2,1H3,(H,15,16).